The number of hydrogen-bond acceptors (Lipinski definition) is 0. The Balaban J connectivity index is 0.000000322. The Labute approximate surface area is 145 Å². The zero-order valence-corrected chi connectivity index (χ0v) is 15.6. The van der Waals surface area contributed by atoms with Gasteiger partial charge in [-0.1, -0.05) is 63.7 Å². The third-order valence-corrected chi connectivity index (χ3v) is 3.48. The Morgan fingerprint density at radius 2 is 1.86 bits per heavy atom. The molecule has 0 aromatic heterocycles. The Morgan fingerprint density at radius 1 is 1.19 bits per heavy atom. The summed E-state index contributed by atoms with van der Waals surface area (Å²) in [5.74, 6) is 1.01. The van der Waals surface area contributed by atoms with E-state index >= 15 is 0 Å². The summed E-state index contributed by atoms with van der Waals surface area (Å²) < 4.78 is 0. The van der Waals surface area contributed by atoms with E-state index in [0.717, 1.165) is 38.7 Å². The van der Waals surface area contributed by atoms with Crippen molar-refractivity contribution in [3.8, 4) is 0 Å². The molecule has 0 unspecified atom stereocenters. The van der Waals surface area contributed by atoms with Gasteiger partial charge in [0.25, 0.3) is 0 Å². The monoisotopic (exact) mass is 381 g/mol. The van der Waals surface area contributed by atoms with Gasteiger partial charge in [0.1, 0.15) is 0 Å². The van der Waals surface area contributed by atoms with Gasteiger partial charge in [-0.05, 0) is 12.3 Å². The molecule has 0 aromatic carbocycles. The van der Waals surface area contributed by atoms with Gasteiger partial charge < -0.3 is 10.6 Å². The topological polar surface area (TPSA) is 28.2 Å². The molecule has 2 aliphatic rings. The average Bonchev–Trinajstić information content (AvgIpc) is 2.52. The molecule has 0 atom stereocenters. The van der Waals surface area contributed by atoms with Crippen LogP contribution in [0.2, 0.25) is 0 Å². The van der Waals surface area contributed by atoms with Gasteiger partial charge in [0.2, 0.25) is 0 Å². The molecule has 1 saturated heterocycles. The van der Waals surface area contributed by atoms with Crippen molar-refractivity contribution in [2.24, 2.45) is 5.92 Å². The number of piperidine rings is 1. The van der Waals surface area contributed by atoms with Gasteiger partial charge in [-0.3, -0.25) is 0 Å². The van der Waals surface area contributed by atoms with Crippen LogP contribution in [0.4, 0.5) is 0 Å². The van der Waals surface area contributed by atoms with Gasteiger partial charge in [0, 0.05) is 0 Å². The Hall–Kier alpha value is 0.339. The zero-order chi connectivity index (χ0) is 15.8. The standard InChI is InChI=1S/C8H16N.C8H12N.2ClH.Cu/c2*1-2-3-8-4-6-9-7-5-8;;;/h8H,2-7H2,1H3;4-6H,2-3,7H2,1H3;2*1H;/q2*-1;;;+2/p-2. The van der Waals surface area contributed by atoms with Crippen LogP contribution in [0.1, 0.15) is 52.4 Å². The molecule has 0 aliphatic carbocycles. The normalized spacial score (nSPS) is 17.8. The van der Waals surface area contributed by atoms with E-state index < -0.39 is 0 Å². The molecule has 0 spiro atoms. The molecular formula is C16H28Cl2CuN2-2. The Morgan fingerprint density at radius 3 is 2.33 bits per heavy atom. The van der Waals surface area contributed by atoms with E-state index in [9.17, 15) is 0 Å². The summed E-state index contributed by atoms with van der Waals surface area (Å²) in [7, 11) is 9.34. The first-order valence-electron chi connectivity index (χ1n) is 7.75. The predicted octanol–water partition coefficient (Wildman–Crippen LogP) is 6.56. The molecule has 2 aliphatic heterocycles. The fourth-order valence-corrected chi connectivity index (χ4v) is 2.42. The van der Waals surface area contributed by atoms with E-state index in [0.29, 0.717) is 0 Å². The summed E-state index contributed by atoms with van der Waals surface area (Å²) in [6, 6.07) is 0. The van der Waals surface area contributed by atoms with Gasteiger partial charge in [0.15, 0.2) is 0 Å². The summed E-state index contributed by atoms with van der Waals surface area (Å²) in [6.45, 7) is 7.60. The molecule has 0 bridgehead atoms. The molecule has 0 radical (unpaired) electrons. The van der Waals surface area contributed by atoms with Crippen molar-refractivity contribution in [3.05, 3.63) is 34.6 Å². The van der Waals surface area contributed by atoms with Crippen LogP contribution < -0.4 is 0 Å². The van der Waals surface area contributed by atoms with E-state index in [1.54, 1.807) is 0 Å². The van der Waals surface area contributed by atoms with Gasteiger partial charge in [0.05, 0.1) is 0 Å². The van der Waals surface area contributed by atoms with Crippen molar-refractivity contribution >= 4 is 20.2 Å². The van der Waals surface area contributed by atoms with E-state index in [-0.39, 0.29) is 0 Å². The van der Waals surface area contributed by atoms with Gasteiger partial charge in [-0.2, -0.15) is 6.20 Å². The predicted molar refractivity (Wildman–Crippen MR) is 92.8 cm³/mol. The first-order chi connectivity index (χ1) is 10.3. The molecule has 129 valence electrons. The Kier molecular flexibility index (Phi) is 17.0. The first kappa shape index (κ1) is 21.3. The fourth-order valence-electron chi connectivity index (χ4n) is 2.42. The zero-order valence-electron chi connectivity index (χ0n) is 13.1. The summed E-state index contributed by atoms with van der Waals surface area (Å²) in [6.07, 6.45) is 14.1. The van der Waals surface area contributed by atoms with E-state index in [4.69, 9.17) is 0 Å². The third kappa shape index (κ3) is 13.7. The maximum atomic E-state index is 4.67. The maximum absolute atomic E-state index is 4.67. The summed E-state index contributed by atoms with van der Waals surface area (Å²) >= 11 is 0.757. The van der Waals surface area contributed by atoms with Crippen molar-refractivity contribution in [1.82, 2.24) is 0 Å². The summed E-state index contributed by atoms with van der Waals surface area (Å²) in [5.41, 5.74) is 1.44. The van der Waals surface area contributed by atoms with Gasteiger partial charge in [-0.15, -0.1) is 19.6 Å². The second-order valence-electron chi connectivity index (χ2n) is 5.16. The van der Waals surface area contributed by atoms with Crippen LogP contribution in [0.15, 0.2) is 23.9 Å². The fraction of sp³-hybridized carbons (Fsp3) is 0.750. The first-order valence-corrected chi connectivity index (χ1v) is 10.3. The van der Waals surface area contributed by atoms with Gasteiger partial charge in [-0.25, -0.2) is 0 Å². The molecule has 0 aromatic rings. The van der Waals surface area contributed by atoms with Crippen molar-refractivity contribution in [2.75, 3.05) is 19.6 Å². The third-order valence-electron chi connectivity index (χ3n) is 3.48. The second-order valence-corrected chi connectivity index (χ2v) is 6.71. The molecule has 5 heteroatoms. The number of rotatable bonds is 4. The van der Waals surface area contributed by atoms with Gasteiger partial charge >= 0.3 is 33.3 Å². The van der Waals surface area contributed by atoms with Crippen LogP contribution in [0.5, 0.6) is 0 Å². The number of allylic oxidation sites excluding steroid dienone is 2. The van der Waals surface area contributed by atoms with Crippen LogP contribution in [0.3, 0.4) is 0 Å². The molecule has 0 N–H and O–H groups in total. The van der Waals surface area contributed by atoms with Crippen LogP contribution in [-0.4, -0.2) is 19.6 Å². The van der Waals surface area contributed by atoms with Crippen molar-refractivity contribution in [3.63, 3.8) is 0 Å². The minimum atomic E-state index is 0.757. The number of nitrogens with zero attached hydrogens (tertiary/aromatic N) is 2. The van der Waals surface area contributed by atoms with Crippen LogP contribution in [0, 0.1) is 5.92 Å². The Bertz CT molecular complexity index is 275. The summed E-state index contributed by atoms with van der Waals surface area (Å²) in [5, 5.41) is 8.36. The molecule has 2 rings (SSSR count). The van der Waals surface area contributed by atoms with E-state index in [1.807, 2.05) is 6.20 Å². The molecule has 0 amide bonds. The van der Waals surface area contributed by atoms with Crippen molar-refractivity contribution in [1.29, 1.82) is 0 Å². The van der Waals surface area contributed by atoms with Crippen LogP contribution in [0.25, 0.3) is 10.6 Å². The van der Waals surface area contributed by atoms with Crippen LogP contribution >= 0.6 is 20.2 Å². The van der Waals surface area contributed by atoms with Crippen molar-refractivity contribution < 1.29 is 13.1 Å². The molecule has 0 saturated carbocycles. The SMILES string of the molecule is CCCC1=CC[N-]C=C1.CCCC1CC[N-]CC1.[Cl][Cu][Cl]. The van der Waals surface area contributed by atoms with E-state index in [2.05, 4.69) is 56.8 Å². The molecule has 2 heterocycles. The van der Waals surface area contributed by atoms with Crippen LogP contribution in [-0.2, 0) is 13.1 Å². The molecular weight excluding hydrogens is 355 g/mol. The molecule has 2 nitrogen and oxygen atoms in total. The molecule has 21 heavy (non-hydrogen) atoms. The van der Waals surface area contributed by atoms with E-state index in [1.165, 1.54) is 44.1 Å². The molecule has 1 fully saturated rings. The summed E-state index contributed by atoms with van der Waals surface area (Å²) in [4.78, 5) is 0. The average molecular weight is 383 g/mol. The quantitative estimate of drug-likeness (QED) is 0.492. The second kappa shape index (κ2) is 16.7. The number of hydrogen-bond donors (Lipinski definition) is 0. The number of halogens is 2. The minimum absolute atomic E-state index is 0.757. The van der Waals surface area contributed by atoms with Crippen molar-refractivity contribution in [2.45, 2.75) is 52.4 Å².